The molecule has 146 valence electrons. The van der Waals surface area contributed by atoms with Gasteiger partial charge in [-0.25, -0.2) is 0 Å². The largest absolute Gasteiger partial charge is 0.330 e. The highest BCUT2D eigenvalue weighted by atomic mass is 16.6. The summed E-state index contributed by atoms with van der Waals surface area (Å²) in [5.41, 5.74) is 2.57. The summed E-state index contributed by atoms with van der Waals surface area (Å²) in [4.78, 5) is 24.8. The van der Waals surface area contributed by atoms with Crippen molar-refractivity contribution in [2.24, 2.45) is 0 Å². The van der Waals surface area contributed by atoms with Crippen molar-refractivity contribution in [3.05, 3.63) is 130 Å². The maximum Gasteiger partial charge on any atom is 0.269 e. The molecule has 0 N–H and O–H groups in total. The summed E-state index contributed by atoms with van der Waals surface area (Å²) in [6.45, 7) is 0. The third-order valence-electron chi connectivity index (χ3n) is 4.77. The molecule has 0 amide bonds. The van der Waals surface area contributed by atoms with Gasteiger partial charge in [0.2, 0.25) is 0 Å². The smallest absolute Gasteiger partial charge is 0.269 e. The minimum absolute atomic E-state index is 0.0548. The fourth-order valence-electron chi connectivity index (χ4n) is 3.21. The van der Waals surface area contributed by atoms with Crippen LogP contribution in [-0.4, -0.2) is 15.6 Å². The highest BCUT2D eigenvalue weighted by molar-refractivity contribution is 6.13. The van der Waals surface area contributed by atoms with Gasteiger partial charge in [-0.1, -0.05) is 42.5 Å². The molecule has 0 radical (unpaired) electrons. The van der Waals surface area contributed by atoms with Crippen LogP contribution in [0.15, 0.2) is 109 Å². The van der Waals surface area contributed by atoms with Gasteiger partial charge in [0.05, 0.1) is 4.92 Å². The fraction of sp³-hybridized carbons (Fsp3) is 0. The van der Waals surface area contributed by atoms with Crippen LogP contribution in [0.5, 0.6) is 0 Å². The van der Waals surface area contributed by atoms with Crippen molar-refractivity contribution in [2.45, 2.75) is 0 Å². The molecule has 0 unspecified atom stereocenters. The maximum absolute atomic E-state index is 12.7. The number of fused-ring (bicyclic) bond motifs is 1. The molecule has 5 nitrogen and oxygen atoms in total. The molecule has 0 aromatic heterocycles. The monoisotopic (exact) mass is 394 g/mol. The predicted octanol–water partition coefficient (Wildman–Crippen LogP) is 5.87. The number of hydrogen-bond acceptors (Lipinski definition) is 4. The van der Waals surface area contributed by atoms with Crippen molar-refractivity contribution in [1.29, 1.82) is 0 Å². The summed E-state index contributed by atoms with van der Waals surface area (Å²) in [5.74, 6) is -0.0548. The van der Waals surface area contributed by atoms with E-state index in [4.69, 9.17) is 0 Å². The Balaban J connectivity index is 1.44. The highest BCUT2D eigenvalue weighted by Crippen LogP contribution is 2.20. The van der Waals surface area contributed by atoms with Gasteiger partial charge in [0.25, 0.3) is 5.69 Å². The molecule has 0 saturated carbocycles. The number of nitro benzene ring substituents is 1. The van der Waals surface area contributed by atoms with Crippen LogP contribution in [0.4, 0.5) is 5.69 Å². The number of carbonyl (C=O) groups excluding carboxylic acids is 1. The van der Waals surface area contributed by atoms with Crippen molar-refractivity contribution in [3.63, 3.8) is 0 Å². The quantitative estimate of drug-likeness (QED) is 0.235. The SMILES string of the molecule is O=C(C=CN1C=CC(=Cc2ccc([N+](=O)[O-])cc2)C=C1)c1cccc2ccccc12. The molecule has 0 aliphatic carbocycles. The lowest BCUT2D eigenvalue weighted by Crippen LogP contribution is -2.05. The first kappa shape index (κ1) is 19.1. The molecular formula is C25H18N2O3. The van der Waals surface area contributed by atoms with Crippen LogP contribution in [0.3, 0.4) is 0 Å². The molecule has 1 heterocycles. The van der Waals surface area contributed by atoms with Gasteiger partial charge in [-0.3, -0.25) is 14.9 Å². The number of hydrogen-bond donors (Lipinski definition) is 0. The van der Waals surface area contributed by atoms with E-state index in [1.54, 1.807) is 29.3 Å². The van der Waals surface area contributed by atoms with Crippen molar-refractivity contribution in [3.8, 4) is 0 Å². The van der Waals surface area contributed by atoms with Crippen LogP contribution >= 0.6 is 0 Å². The third kappa shape index (κ3) is 4.25. The van der Waals surface area contributed by atoms with Gasteiger partial charge >= 0.3 is 0 Å². The Morgan fingerprint density at radius 2 is 1.60 bits per heavy atom. The van der Waals surface area contributed by atoms with Crippen LogP contribution in [0, 0.1) is 10.1 Å². The molecule has 1 aliphatic rings. The predicted molar refractivity (Wildman–Crippen MR) is 119 cm³/mol. The van der Waals surface area contributed by atoms with E-state index in [2.05, 4.69) is 0 Å². The number of rotatable bonds is 5. The number of non-ortho nitro benzene ring substituents is 1. The van der Waals surface area contributed by atoms with Gasteiger partial charge in [-0.05, 0) is 52.3 Å². The van der Waals surface area contributed by atoms with Crippen molar-refractivity contribution in [2.75, 3.05) is 0 Å². The molecule has 0 spiro atoms. The van der Waals surface area contributed by atoms with Gasteiger partial charge in [0.15, 0.2) is 5.78 Å². The zero-order valence-corrected chi connectivity index (χ0v) is 16.0. The first-order valence-corrected chi connectivity index (χ1v) is 9.40. The number of allylic oxidation sites excluding steroid dienone is 4. The third-order valence-corrected chi connectivity index (χ3v) is 4.77. The Morgan fingerprint density at radius 3 is 2.33 bits per heavy atom. The van der Waals surface area contributed by atoms with Gasteiger partial charge in [-0.2, -0.15) is 0 Å². The molecule has 30 heavy (non-hydrogen) atoms. The highest BCUT2D eigenvalue weighted by Gasteiger charge is 2.07. The van der Waals surface area contributed by atoms with E-state index < -0.39 is 4.92 Å². The Hall–Kier alpha value is -4.25. The topological polar surface area (TPSA) is 63.5 Å². The van der Waals surface area contributed by atoms with Crippen LogP contribution in [0.25, 0.3) is 16.8 Å². The van der Waals surface area contributed by atoms with E-state index in [0.717, 1.165) is 21.9 Å². The van der Waals surface area contributed by atoms with Gasteiger partial charge in [0, 0.05) is 42.4 Å². The molecule has 0 fully saturated rings. The zero-order chi connectivity index (χ0) is 20.9. The summed E-state index contributed by atoms with van der Waals surface area (Å²) >= 11 is 0. The van der Waals surface area contributed by atoms with Crippen LogP contribution in [0.2, 0.25) is 0 Å². The van der Waals surface area contributed by atoms with Gasteiger partial charge < -0.3 is 4.90 Å². The Morgan fingerprint density at radius 1 is 0.900 bits per heavy atom. The summed E-state index contributed by atoms with van der Waals surface area (Å²) in [7, 11) is 0. The number of nitro groups is 1. The summed E-state index contributed by atoms with van der Waals surface area (Å²) in [6.07, 6.45) is 12.7. The van der Waals surface area contributed by atoms with Crippen LogP contribution in [0.1, 0.15) is 15.9 Å². The second-order valence-electron chi connectivity index (χ2n) is 6.78. The van der Waals surface area contributed by atoms with E-state index in [0.29, 0.717) is 5.56 Å². The van der Waals surface area contributed by atoms with E-state index >= 15 is 0 Å². The second-order valence-corrected chi connectivity index (χ2v) is 6.78. The first-order valence-electron chi connectivity index (χ1n) is 9.40. The Kier molecular flexibility index (Phi) is 5.35. The van der Waals surface area contributed by atoms with E-state index in [-0.39, 0.29) is 11.5 Å². The molecule has 4 rings (SSSR count). The number of carbonyl (C=O) groups is 1. The number of ketones is 1. The second kappa shape index (κ2) is 8.41. The van der Waals surface area contributed by atoms with E-state index in [9.17, 15) is 14.9 Å². The van der Waals surface area contributed by atoms with Crippen molar-refractivity contribution < 1.29 is 9.72 Å². The lowest BCUT2D eigenvalue weighted by Gasteiger charge is -2.14. The normalized spacial score (nSPS) is 13.2. The zero-order valence-electron chi connectivity index (χ0n) is 16.0. The molecule has 0 saturated heterocycles. The number of benzene rings is 3. The lowest BCUT2D eigenvalue weighted by atomic mass is 10.0. The Labute approximate surface area is 173 Å². The fourth-order valence-corrected chi connectivity index (χ4v) is 3.21. The molecule has 0 bridgehead atoms. The molecule has 0 atom stereocenters. The first-order chi connectivity index (χ1) is 14.6. The average Bonchev–Trinajstić information content (AvgIpc) is 2.78. The summed E-state index contributed by atoms with van der Waals surface area (Å²) < 4.78 is 0. The average molecular weight is 394 g/mol. The van der Waals surface area contributed by atoms with Crippen LogP contribution in [-0.2, 0) is 0 Å². The number of nitrogens with zero attached hydrogens (tertiary/aromatic N) is 2. The van der Waals surface area contributed by atoms with E-state index in [1.165, 1.54) is 12.1 Å². The molecule has 3 aromatic rings. The molecule has 1 aliphatic heterocycles. The molecule has 3 aromatic carbocycles. The van der Waals surface area contributed by atoms with Crippen molar-refractivity contribution in [1.82, 2.24) is 4.90 Å². The van der Waals surface area contributed by atoms with Gasteiger partial charge in [-0.15, -0.1) is 0 Å². The minimum Gasteiger partial charge on any atom is -0.330 e. The molecular weight excluding hydrogens is 376 g/mol. The van der Waals surface area contributed by atoms with Crippen molar-refractivity contribution >= 4 is 28.3 Å². The maximum atomic E-state index is 12.7. The molecule has 5 heteroatoms. The Bertz CT molecular complexity index is 1210. The lowest BCUT2D eigenvalue weighted by molar-refractivity contribution is -0.384. The van der Waals surface area contributed by atoms with Crippen LogP contribution < -0.4 is 0 Å². The summed E-state index contributed by atoms with van der Waals surface area (Å²) in [6, 6.07) is 19.9. The minimum atomic E-state index is -0.416. The standard InChI is InChI=1S/C25H18N2O3/c28-25(24-7-3-5-21-4-1-2-6-23(21)24)14-17-26-15-12-20(13-16-26)18-19-8-10-22(11-9-19)27(29)30/h1-18H. The summed E-state index contributed by atoms with van der Waals surface area (Å²) in [5, 5.41) is 12.7. The van der Waals surface area contributed by atoms with E-state index in [1.807, 2.05) is 73.1 Å². The van der Waals surface area contributed by atoms with Gasteiger partial charge in [0.1, 0.15) is 0 Å².